The molecule has 0 heterocycles. The number of benzene rings is 1. The zero-order valence-electron chi connectivity index (χ0n) is 8.97. The summed E-state index contributed by atoms with van der Waals surface area (Å²) < 4.78 is 0. The molecule has 0 fully saturated rings. The molecule has 0 aromatic heterocycles. The van der Waals surface area contributed by atoms with Crippen molar-refractivity contribution in [2.45, 2.75) is 12.5 Å². The van der Waals surface area contributed by atoms with Crippen molar-refractivity contribution in [1.82, 2.24) is 0 Å². The first kappa shape index (κ1) is 11.5. The molecule has 0 aliphatic carbocycles. The number of anilines is 1. The Labute approximate surface area is 89.3 Å². The molecule has 1 aromatic rings. The summed E-state index contributed by atoms with van der Waals surface area (Å²) in [4.78, 5) is 12.5. The third-order valence-electron chi connectivity index (χ3n) is 2.23. The van der Waals surface area contributed by atoms with Gasteiger partial charge in [-0.3, -0.25) is 4.79 Å². The highest BCUT2D eigenvalue weighted by Gasteiger charge is 2.11. The third-order valence-corrected chi connectivity index (χ3v) is 2.23. The Morgan fingerprint density at radius 1 is 1.40 bits per heavy atom. The highest BCUT2D eigenvalue weighted by atomic mass is 16.4. The molecular formula is C11H16N2O2. The van der Waals surface area contributed by atoms with Crippen LogP contribution in [0.2, 0.25) is 0 Å². The second-order valence-corrected chi connectivity index (χ2v) is 3.71. The van der Waals surface area contributed by atoms with Gasteiger partial charge in [-0.1, -0.05) is 12.1 Å². The number of rotatable bonds is 4. The Kier molecular flexibility index (Phi) is 3.68. The molecule has 0 aliphatic rings. The average molecular weight is 208 g/mol. The molecule has 0 spiro atoms. The number of nitrogens with zero attached hydrogens (tertiary/aromatic N) is 1. The molecule has 0 bridgehead atoms. The van der Waals surface area contributed by atoms with E-state index in [9.17, 15) is 4.79 Å². The Bertz CT molecular complexity index is 333. The first-order chi connectivity index (χ1) is 7.00. The van der Waals surface area contributed by atoms with Gasteiger partial charge in [-0.15, -0.1) is 0 Å². The van der Waals surface area contributed by atoms with E-state index in [0.29, 0.717) is 6.42 Å². The molecule has 1 rings (SSSR count). The van der Waals surface area contributed by atoms with Crippen molar-refractivity contribution in [3.8, 4) is 0 Å². The van der Waals surface area contributed by atoms with Crippen LogP contribution in [0, 0.1) is 0 Å². The molecule has 0 saturated carbocycles. The molecule has 0 radical (unpaired) electrons. The monoisotopic (exact) mass is 208 g/mol. The maximum absolute atomic E-state index is 10.5. The quantitative estimate of drug-likeness (QED) is 0.764. The van der Waals surface area contributed by atoms with Crippen molar-refractivity contribution < 1.29 is 9.90 Å². The molecule has 0 saturated heterocycles. The van der Waals surface area contributed by atoms with Gasteiger partial charge < -0.3 is 15.7 Å². The summed E-state index contributed by atoms with van der Waals surface area (Å²) in [5, 5.41) is 8.65. The van der Waals surface area contributed by atoms with Crippen molar-refractivity contribution in [2.24, 2.45) is 5.73 Å². The van der Waals surface area contributed by atoms with Gasteiger partial charge in [0.05, 0.1) is 0 Å². The lowest BCUT2D eigenvalue weighted by molar-refractivity contribution is -0.138. The number of hydrogen-bond donors (Lipinski definition) is 2. The molecule has 82 valence electrons. The van der Waals surface area contributed by atoms with Crippen LogP contribution in [-0.2, 0) is 11.2 Å². The fraction of sp³-hybridized carbons (Fsp3) is 0.364. The van der Waals surface area contributed by atoms with Crippen LogP contribution in [0.15, 0.2) is 24.3 Å². The minimum absolute atomic E-state index is 0.364. The Morgan fingerprint density at radius 3 is 2.33 bits per heavy atom. The number of carboxylic acid groups (broad SMARTS) is 1. The molecule has 4 nitrogen and oxygen atoms in total. The van der Waals surface area contributed by atoms with E-state index in [0.717, 1.165) is 11.3 Å². The number of aliphatic carboxylic acids is 1. The summed E-state index contributed by atoms with van der Waals surface area (Å²) in [6.45, 7) is 0. The van der Waals surface area contributed by atoms with Crippen LogP contribution in [0.5, 0.6) is 0 Å². The van der Waals surface area contributed by atoms with Crippen LogP contribution in [0.4, 0.5) is 5.69 Å². The van der Waals surface area contributed by atoms with Gasteiger partial charge in [0.2, 0.25) is 0 Å². The van der Waals surface area contributed by atoms with Gasteiger partial charge in [0.15, 0.2) is 0 Å². The van der Waals surface area contributed by atoms with E-state index in [2.05, 4.69) is 0 Å². The van der Waals surface area contributed by atoms with Crippen molar-refractivity contribution in [3.63, 3.8) is 0 Å². The second kappa shape index (κ2) is 4.79. The molecule has 3 N–H and O–H groups in total. The van der Waals surface area contributed by atoms with Gasteiger partial charge in [-0.25, -0.2) is 0 Å². The lowest BCUT2D eigenvalue weighted by Gasteiger charge is -2.13. The van der Waals surface area contributed by atoms with Gasteiger partial charge in [-0.2, -0.15) is 0 Å². The topological polar surface area (TPSA) is 66.6 Å². The van der Waals surface area contributed by atoms with E-state index in [1.54, 1.807) is 0 Å². The zero-order valence-corrected chi connectivity index (χ0v) is 8.97. The normalized spacial score (nSPS) is 12.2. The lowest BCUT2D eigenvalue weighted by Crippen LogP contribution is -2.32. The predicted octanol–water partition coefficient (Wildman–Crippen LogP) is 0.707. The van der Waals surface area contributed by atoms with E-state index >= 15 is 0 Å². The van der Waals surface area contributed by atoms with Gasteiger partial charge in [0, 0.05) is 19.8 Å². The predicted molar refractivity (Wildman–Crippen MR) is 60.1 cm³/mol. The Balaban J connectivity index is 2.68. The second-order valence-electron chi connectivity index (χ2n) is 3.71. The van der Waals surface area contributed by atoms with E-state index in [1.165, 1.54) is 0 Å². The van der Waals surface area contributed by atoms with E-state index in [-0.39, 0.29) is 0 Å². The molecule has 1 aromatic carbocycles. The van der Waals surface area contributed by atoms with Crippen molar-refractivity contribution in [3.05, 3.63) is 29.8 Å². The average Bonchev–Trinajstić information content (AvgIpc) is 2.18. The van der Waals surface area contributed by atoms with Crippen molar-refractivity contribution in [2.75, 3.05) is 19.0 Å². The minimum atomic E-state index is -0.966. The maximum Gasteiger partial charge on any atom is 0.320 e. The molecular weight excluding hydrogens is 192 g/mol. The van der Waals surface area contributed by atoms with Crippen LogP contribution < -0.4 is 10.6 Å². The lowest BCUT2D eigenvalue weighted by atomic mass is 10.1. The minimum Gasteiger partial charge on any atom is -0.480 e. The van der Waals surface area contributed by atoms with Crippen LogP contribution in [0.25, 0.3) is 0 Å². The fourth-order valence-corrected chi connectivity index (χ4v) is 1.27. The molecule has 0 aliphatic heterocycles. The SMILES string of the molecule is CN(C)c1ccc(CC(N)C(=O)O)cc1. The van der Waals surface area contributed by atoms with Gasteiger partial charge in [0.25, 0.3) is 0 Å². The summed E-state index contributed by atoms with van der Waals surface area (Å²) in [6, 6.07) is 6.87. The van der Waals surface area contributed by atoms with Crippen LogP contribution >= 0.6 is 0 Å². The molecule has 1 unspecified atom stereocenters. The summed E-state index contributed by atoms with van der Waals surface area (Å²) in [5.74, 6) is -0.966. The summed E-state index contributed by atoms with van der Waals surface area (Å²) >= 11 is 0. The van der Waals surface area contributed by atoms with E-state index in [1.807, 2.05) is 43.3 Å². The Morgan fingerprint density at radius 2 is 1.93 bits per heavy atom. The summed E-state index contributed by atoms with van der Waals surface area (Å²) in [6.07, 6.45) is 0.364. The summed E-state index contributed by atoms with van der Waals surface area (Å²) in [5.41, 5.74) is 7.46. The highest BCUT2D eigenvalue weighted by Crippen LogP contribution is 2.13. The van der Waals surface area contributed by atoms with E-state index in [4.69, 9.17) is 10.8 Å². The van der Waals surface area contributed by atoms with Gasteiger partial charge in [0.1, 0.15) is 6.04 Å². The first-order valence-corrected chi connectivity index (χ1v) is 4.75. The van der Waals surface area contributed by atoms with Crippen LogP contribution in [0.3, 0.4) is 0 Å². The van der Waals surface area contributed by atoms with E-state index < -0.39 is 12.0 Å². The van der Waals surface area contributed by atoms with Gasteiger partial charge in [-0.05, 0) is 24.1 Å². The molecule has 4 heteroatoms. The molecule has 0 amide bonds. The van der Waals surface area contributed by atoms with Crippen molar-refractivity contribution in [1.29, 1.82) is 0 Å². The standard InChI is InChI=1S/C11H16N2O2/c1-13(2)9-5-3-8(4-6-9)7-10(12)11(14)15/h3-6,10H,7,12H2,1-2H3,(H,14,15). The number of carboxylic acids is 1. The van der Waals surface area contributed by atoms with Crippen LogP contribution in [-0.4, -0.2) is 31.2 Å². The maximum atomic E-state index is 10.5. The summed E-state index contributed by atoms with van der Waals surface area (Å²) in [7, 11) is 3.91. The third kappa shape index (κ3) is 3.25. The largest absolute Gasteiger partial charge is 0.480 e. The van der Waals surface area contributed by atoms with Gasteiger partial charge >= 0.3 is 5.97 Å². The number of carbonyl (C=O) groups is 1. The van der Waals surface area contributed by atoms with Crippen LogP contribution in [0.1, 0.15) is 5.56 Å². The number of nitrogens with two attached hydrogens (primary N) is 1. The first-order valence-electron chi connectivity index (χ1n) is 4.75. The number of hydrogen-bond acceptors (Lipinski definition) is 3. The smallest absolute Gasteiger partial charge is 0.320 e. The Hall–Kier alpha value is -1.55. The zero-order chi connectivity index (χ0) is 11.4. The van der Waals surface area contributed by atoms with Crippen molar-refractivity contribution >= 4 is 11.7 Å². The highest BCUT2D eigenvalue weighted by molar-refractivity contribution is 5.73. The fourth-order valence-electron chi connectivity index (χ4n) is 1.27. The molecule has 15 heavy (non-hydrogen) atoms. The molecule has 1 atom stereocenters.